The molecular formula is C15H19N3. The van der Waals surface area contributed by atoms with Crippen molar-refractivity contribution in [3.05, 3.63) is 59.2 Å². The molecule has 2 rings (SSSR count). The molecule has 0 bridgehead atoms. The summed E-state index contributed by atoms with van der Waals surface area (Å²) in [5.41, 5.74) is 4.83. The summed E-state index contributed by atoms with van der Waals surface area (Å²) < 4.78 is 0. The number of nitrogens with one attached hydrogen (secondary N) is 1. The van der Waals surface area contributed by atoms with E-state index in [2.05, 4.69) is 42.1 Å². The Hall–Kier alpha value is -1.74. The van der Waals surface area contributed by atoms with Crippen molar-refractivity contribution in [3.63, 3.8) is 0 Å². The van der Waals surface area contributed by atoms with Gasteiger partial charge < -0.3 is 5.32 Å². The van der Waals surface area contributed by atoms with E-state index >= 15 is 0 Å². The minimum atomic E-state index is 0.163. The smallest absolute Gasteiger partial charge is 0.0609 e. The van der Waals surface area contributed by atoms with Gasteiger partial charge in [0.25, 0.3) is 0 Å². The van der Waals surface area contributed by atoms with Crippen molar-refractivity contribution < 1.29 is 0 Å². The van der Waals surface area contributed by atoms with Crippen LogP contribution in [-0.2, 0) is 0 Å². The van der Waals surface area contributed by atoms with Gasteiger partial charge in [0.2, 0.25) is 0 Å². The molecule has 0 radical (unpaired) electrons. The largest absolute Gasteiger partial charge is 0.306 e. The summed E-state index contributed by atoms with van der Waals surface area (Å²) in [5.74, 6) is 0. The zero-order valence-corrected chi connectivity index (χ0v) is 11.1. The lowest BCUT2D eigenvalue weighted by atomic mass is 9.97. The van der Waals surface area contributed by atoms with E-state index in [4.69, 9.17) is 0 Å². The van der Waals surface area contributed by atoms with Crippen LogP contribution in [0, 0.1) is 13.8 Å². The van der Waals surface area contributed by atoms with Crippen molar-refractivity contribution in [2.45, 2.75) is 26.8 Å². The topological polar surface area (TPSA) is 37.8 Å². The first-order chi connectivity index (χ1) is 8.72. The lowest BCUT2D eigenvalue weighted by Crippen LogP contribution is -2.23. The highest BCUT2D eigenvalue weighted by atomic mass is 14.9. The lowest BCUT2D eigenvalue weighted by molar-refractivity contribution is 0.623. The maximum atomic E-state index is 4.28. The second kappa shape index (κ2) is 5.74. The summed E-state index contributed by atoms with van der Waals surface area (Å²) in [7, 11) is 0. The van der Waals surface area contributed by atoms with Crippen molar-refractivity contribution in [1.82, 2.24) is 15.3 Å². The molecule has 0 aliphatic rings. The molecule has 0 aliphatic carbocycles. The van der Waals surface area contributed by atoms with Gasteiger partial charge in [-0.3, -0.25) is 9.97 Å². The van der Waals surface area contributed by atoms with E-state index in [0.29, 0.717) is 0 Å². The first kappa shape index (κ1) is 12.7. The van der Waals surface area contributed by atoms with Crippen LogP contribution in [0.25, 0.3) is 0 Å². The molecule has 94 valence electrons. The average Bonchev–Trinajstić information content (AvgIpc) is 2.37. The third kappa shape index (κ3) is 2.74. The molecule has 2 aromatic heterocycles. The molecule has 2 heterocycles. The maximum absolute atomic E-state index is 4.28. The summed E-state index contributed by atoms with van der Waals surface area (Å²) in [4.78, 5) is 8.52. The van der Waals surface area contributed by atoms with E-state index in [-0.39, 0.29) is 6.04 Å². The van der Waals surface area contributed by atoms with Crippen LogP contribution in [0.15, 0.2) is 36.9 Å². The molecule has 3 nitrogen and oxygen atoms in total. The second-order valence-corrected chi connectivity index (χ2v) is 4.52. The Morgan fingerprint density at radius 2 is 2.00 bits per heavy atom. The minimum absolute atomic E-state index is 0.163. The van der Waals surface area contributed by atoms with Gasteiger partial charge >= 0.3 is 0 Å². The fourth-order valence-corrected chi connectivity index (χ4v) is 2.13. The Bertz CT molecular complexity index is 523. The van der Waals surface area contributed by atoms with Gasteiger partial charge in [-0.05, 0) is 48.7 Å². The summed E-state index contributed by atoms with van der Waals surface area (Å²) in [5, 5.41) is 3.50. The second-order valence-electron chi connectivity index (χ2n) is 4.52. The fourth-order valence-electron chi connectivity index (χ4n) is 2.13. The minimum Gasteiger partial charge on any atom is -0.306 e. The summed E-state index contributed by atoms with van der Waals surface area (Å²) in [6.45, 7) is 7.20. The fraction of sp³-hybridized carbons (Fsp3) is 0.333. The van der Waals surface area contributed by atoms with Crippen LogP contribution in [-0.4, -0.2) is 16.5 Å². The zero-order valence-electron chi connectivity index (χ0n) is 11.1. The van der Waals surface area contributed by atoms with E-state index in [1.54, 1.807) is 0 Å². The Morgan fingerprint density at radius 3 is 2.67 bits per heavy atom. The van der Waals surface area contributed by atoms with E-state index in [1.165, 1.54) is 22.3 Å². The molecule has 0 aromatic carbocycles. The van der Waals surface area contributed by atoms with Gasteiger partial charge in [-0.2, -0.15) is 0 Å². The molecule has 1 atom stereocenters. The van der Waals surface area contributed by atoms with Gasteiger partial charge in [-0.1, -0.05) is 13.0 Å². The van der Waals surface area contributed by atoms with Crippen LogP contribution in [0.1, 0.15) is 35.2 Å². The number of nitrogens with zero attached hydrogens (tertiary/aromatic N) is 2. The number of aryl methyl sites for hydroxylation is 2. The van der Waals surface area contributed by atoms with Crippen LogP contribution >= 0.6 is 0 Å². The Morgan fingerprint density at radius 1 is 1.17 bits per heavy atom. The quantitative estimate of drug-likeness (QED) is 0.894. The van der Waals surface area contributed by atoms with Crippen molar-refractivity contribution in [2.24, 2.45) is 0 Å². The molecule has 0 aliphatic heterocycles. The van der Waals surface area contributed by atoms with E-state index < -0.39 is 0 Å². The van der Waals surface area contributed by atoms with Gasteiger partial charge in [-0.25, -0.2) is 0 Å². The standard InChI is InChI=1S/C15H19N3/c1-4-18-15(13-7-11(2)8-17-9-13)14-10-16-6-5-12(14)3/h5-10,15,18H,4H2,1-3H3. The number of rotatable bonds is 4. The molecule has 0 spiro atoms. The van der Waals surface area contributed by atoms with Crippen LogP contribution in [0.5, 0.6) is 0 Å². The molecule has 1 N–H and O–H groups in total. The van der Waals surface area contributed by atoms with E-state index in [0.717, 1.165) is 6.54 Å². The van der Waals surface area contributed by atoms with Gasteiger partial charge in [-0.15, -0.1) is 0 Å². The average molecular weight is 241 g/mol. The third-order valence-electron chi connectivity index (χ3n) is 3.03. The van der Waals surface area contributed by atoms with E-state index in [9.17, 15) is 0 Å². The van der Waals surface area contributed by atoms with E-state index in [1.807, 2.05) is 30.9 Å². The van der Waals surface area contributed by atoms with Gasteiger partial charge in [0.05, 0.1) is 6.04 Å². The first-order valence-corrected chi connectivity index (χ1v) is 6.27. The summed E-state index contributed by atoms with van der Waals surface area (Å²) in [6, 6.07) is 4.38. The summed E-state index contributed by atoms with van der Waals surface area (Å²) in [6.07, 6.45) is 7.57. The normalized spacial score (nSPS) is 12.4. The predicted octanol–water partition coefficient (Wildman–Crippen LogP) is 2.79. The molecule has 18 heavy (non-hydrogen) atoms. The molecule has 0 fully saturated rings. The van der Waals surface area contributed by atoms with Gasteiger partial charge in [0.1, 0.15) is 0 Å². The number of hydrogen-bond acceptors (Lipinski definition) is 3. The number of aromatic nitrogens is 2. The van der Waals surface area contributed by atoms with Crippen LogP contribution in [0.2, 0.25) is 0 Å². The zero-order chi connectivity index (χ0) is 13.0. The molecule has 1 unspecified atom stereocenters. The van der Waals surface area contributed by atoms with Crippen LogP contribution in [0.3, 0.4) is 0 Å². The maximum Gasteiger partial charge on any atom is 0.0609 e. The van der Waals surface area contributed by atoms with Gasteiger partial charge in [0.15, 0.2) is 0 Å². The predicted molar refractivity (Wildman–Crippen MR) is 73.5 cm³/mol. The highest BCUT2D eigenvalue weighted by Crippen LogP contribution is 2.23. The number of pyridine rings is 2. The van der Waals surface area contributed by atoms with Crippen LogP contribution in [0.4, 0.5) is 0 Å². The lowest BCUT2D eigenvalue weighted by Gasteiger charge is -2.20. The van der Waals surface area contributed by atoms with Crippen molar-refractivity contribution >= 4 is 0 Å². The molecule has 0 amide bonds. The monoisotopic (exact) mass is 241 g/mol. The number of hydrogen-bond donors (Lipinski definition) is 1. The molecule has 0 saturated carbocycles. The highest BCUT2D eigenvalue weighted by molar-refractivity contribution is 5.34. The van der Waals surface area contributed by atoms with Crippen LogP contribution < -0.4 is 5.32 Å². The molecule has 3 heteroatoms. The summed E-state index contributed by atoms with van der Waals surface area (Å²) >= 11 is 0. The van der Waals surface area contributed by atoms with Crippen molar-refractivity contribution in [3.8, 4) is 0 Å². The Labute approximate surface area is 108 Å². The van der Waals surface area contributed by atoms with Crippen molar-refractivity contribution in [1.29, 1.82) is 0 Å². The Balaban J connectivity index is 2.43. The Kier molecular flexibility index (Phi) is 4.05. The molecular weight excluding hydrogens is 222 g/mol. The molecule has 2 aromatic rings. The SMILES string of the molecule is CCNC(c1cncc(C)c1)c1cnccc1C. The van der Waals surface area contributed by atoms with Crippen molar-refractivity contribution in [2.75, 3.05) is 6.54 Å². The highest BCUT2D eigenvalue weighted by Gasteiger charge is 2.15. The molecule has 0 saturated heterocycles. The third-order valence-corrected chi connectivity index (χ3v) is 3.03. The van der Waals surface area contributed by atoms with Gasteiger partial charge in [0, 0.05) is 24.8 Å². The first-order valence-electron chi connectivity index (χ1n) is 6.27.